The first-order chi connectivity index (χ1) is 10.2. The monoisotopic (exact) mass is 301 g/mol. The van der Waals surface area contributed by atoms with Gasteiger partial charge in [-0.2, -0.15) is 0 Å². The van der Waals surface area contributed by atoms with E-state index >= 15 is 0 Å². The predicted octanol–water partition coefficient (Wildman–Crippen LogP) is 1.64. The Morgan fingerprint density at radius 2 is 2.14 bits per heavy atom. The number of halogens is 2. The van der Waals surface area contributed by atoms with Crippen molar-refractivity contribution in [1.29, 1.82) is 0 Å². The zero-order valence-electron chi connectivity index (χ0n) is 12.2. The Morgan fingerprint density at radius 3 is 2.81 bits per heavy atom. The fraction of sp³-hybridized carbons (Fsp3) is 0.500. The van der Waals surface area contributed by atoms with Crippen LogP contribution in [0.1, 0.15) is 5.56 Å². The highest BCUT2D eigenvalue weighted by molar-refractivity contribution is 5.79. The Morgan fingerprint density at radius 1 is 1.33 bits per heavy atom. The molecule has 0 amide bonds. The van der Waals surface area contributed by atoms with E-state index < -0.39 is 13.0 Å². The molecule has 0 aliphatic heterocycles. The van der Waals surface area contributed by atoms with Crippen molar-refractivity contribution in [1.82, 2.24) is 10.6 Å². The van der Waals surface area contributed by atoms with Crippen molar-refractivity contribution < 1.29 is 18.3 Å². The Bertz CT molecular complexity index is 442. The van der Waals surface area contributed by atoms with E-state index in [1.807, 2.05) is 6.07 Å². The number of methoxy groups -OCH3 is 1. The van der Waals surface area contributed by atoms with Crippen LogP contribution in [0.15, 0.2) is 29.3 Å². The molecule has 0 heterocycles. The second-order valence-electron chi connectivity index (χ2n) is 4.19. The highest BCUT2D eigenvalue weighted by atomic mass is 19.3. The van der Waals surface area contributed by atoms with Crippen molar-refractivity contribution in [3.8, 4) is 5.75 Å². The second kappa shape index (κ2) is 9.93. The number of aliphatic imine (C=N–C) groups is 1. The van der Waals surface area contributed by atoms with Gasteiger partial charge in [0.2, 0.25) is 0 Å². The number of nitrogens with zero attached hydrogens (tertiary/aromatic N) is 1. The van der Waals surface area contributed by atoms with Crippen molar-refractivity contribution in [3.63, 3.8) is 0 Å². The molecule has 21 heavy (non-hydrogen) atoms. The Labute approximate surface area is 123 Å². The molecule has 1 rings (SSSR count). The Hall–Kier alpha value is -1.89. The maximum atomic E-state index is 12.1. The molecular formula is C14H21F2N3O2. The van der Waals surface area contributed by atoms with E-state index in [4.69, 9.17) is 9.47 Å². The van der Waals surface area contributed by atoms with Crippen molar-refractivity contribution in [3.05, 3.63) is 29.8 Å². The van der Waals surface area contributed by atoms with Crippen molar-refractivity contribution in [2.24, 2.45) is 4.99 Å². The van der Waals surface area contributed by atoms with E-state index in [-0.39, 0.29) is 0 Å². The lowest BCUT2D eigenvalue weighted by Gasteiger charge is -2.12. The van der Waals surface area contributed by atoms with Gasteiger partial charge in [0.15, 0.2) is 5.96 Å². The lowest BCUT2D eigenvalue weighted by Crippen LogP contribution is -2.38. The Kier molecular flexibility index (Phi) is 8.11. The molecule has 0 bridgehead atoms. The van der Waals surface area contributed by atoms with Gasteiger partial charge in [-0.1, -0.05) is 12.1 Å². The van der Waals surface area contributed by atoms with Gasteiger partial charge in [0, 0.05) is 27.2 Å². The SMILES string of the molecule is CN=C(NCCOC)NCc1cccc(OCC(F)F)c1. The maximum absolute atomic E-state index is 12.1. The average Bonchev–Trinajstić information content (AvgIpc) is 2.49. The first kappa shape index (κ1) is 17.2. The van der Waals surface area contributed by atoms with E-state index in [1.54, 1.807) is 32.4 Å². The normalized spacial score (nSPS) is 11.6. The minimum Gasteiger partial charge on any atom is -0.488 e. The van der Waals surface area contributed by atoms with Crippen LogP contribution in [0.25, 0.3) is 0 Å². The summed E-state index contributed by atoms with van der Waals surface area (Å²) in [5, 5.41) is 6.20. The van der Waals surface area contributed by atoms with Crippen molar-refractivity contribution in [2.45, 2.75) is 13.0 Å². The van der Waals surface area contributed by atoms with Gasteiger partial charge in [-0.25, -0.2) is 8.78 Å². The van der Waals surface area contributed by atoms with Gasteiger partial charge in [-0.05, 0) is 17.7 Å². The Balaban J connectivity index is 2.45. The summed E-state index contributed by atoms with van der Waals surface area (Å²) in [6.45, 7) is 1.14. The first-order valence-electron chi connectivity index (χ1n) is 6.59. The van der Waals surface area contributed by atoms with Gasteiger partial charge >= 0.3 is 0 Å². The van der Waals surface area contributed by atoms with E-state index in [9.17, 15) is 8.78 Å². The summed E-state index contributed by atoms with van der Waals surface area (Å²) < 4.78 is 34.1. The zero-order chi connectivity index (χ0) is 15.5. The number of guanidine groups is 1. The highest BCUT2D eigenvalue weighted by Crippen LogP contribution is 2.14. The molecule has 7 heteroatoms. The first-order valence-corrected chi connectivity index (χ1v) is 6.59. The molecule has 0 aliphatic rings. The van der Waals surface area contributed by atoms with Crippen LogP contribution in [0.2, 0.25) is 0 Å². The number of alkyl halides is 2. The molecule has 118 valence electrons. The molecule has 0 unspecified atom stereocenters. The van der Waals surface area contributed by atoms with Gasteiger partial charge in [0.05, 0.1) is 6.61 Å². The summed E-state index contributed by atoms with van der Waals surface area (Å²) in [4.78, 5) is 4.07. The maximum Gasteiger partial charge on any atom is 0.272 e. The van der Waals surface area contributed by atoms with E-state index in [0.29, 0.717) is 31.4 Å². The molecule has 0 atom stereocenters. The summed E-state index contributed by atoms with van der Waals surface area (Å²) in [7, 11) is 3.30. The van der Waals surface area contributed by atoms with Crippen LogP contribution in [0.4, 0.5) is 8.78 Å². The topological polar surface area (TPSA) is 54.9 Å². The highest BCUT2D eigenvalue weighted by Gasteiger charge is 2.04. The number of nitrogens with one attached hydrogen (secondary N) is 2. The van der Waals surface area contributed by atoms with Gasteiger partial charge in [-0.15, -0.1) is 0 Å². The van der Waals surface area contributed by atoms with E-state index in [0.717, 1.165) is 5.56 Å². The van der Waals surface area contributed by atoms with Crippen LogP contribution in [0.5, 0.6) is 5.75 Å². The summed E-state index contributed by atoms with van der Waals surface area (Å²) in [5.74, 6) is 1.07. The lowest BCUT2D eigenvalue weighted by molar-refractivity contribution is 0.0818. The van der Waals surface area contributed by atoms with Crippen LogP contribution in [-0.4, -0.2) is 46.3 Å². The fourth-order valence-corrected chi connectivity index (χ4v) is 1.58. The van der Waals surface area contributed by atoms with Gasteiger partial charge in [0.1, 0.15) is 12.4 Å². The van der Waals surface area contributed by atoms with Crippen LogP contribution in [0, 0.1) is 0 Å². The van der Waals surface area contributed by atoms with Crippen molar-refractivity contribution >= 4 is 5.96 Å². The number of ether oxygens (including phenoxy) is 2. The van der Waals surface area contributed by atoms with Crippen LogP contribution >= 0.6 is 0 Å². The van der Waals surface area contributed by atoms with Crippen molar-refractivity contribution in [2.75, 3.05) is 33.9 Å². The third-order valence-electron chi connectivity index (χ3n) is 2.56. The predicted molar refractivity (Wildman–Crippen MR) is 78.0 cm³/mol. The third kappa shape index (κ3) is 7.45. The molecule has 2 N–H and O–H groups in total. The molecule has 0 aromatic heterocycles. The van der Waals surface area contributed by atoms with Crippen LogP contribution < -0.4 is 15.4 Å². The number of rotatable bonds is 8. The number of hydrogen-bond acceptors (Lipinski definition) is 3. The molecule has 0 saturated carbocycles. The summed E-state index contributed by atoms with van der Waals surface area (Å²) in [5.41, 5.74) is 0.913. The molecule has 0 aliphatic carbocycles. The fourth-order valence-electron chi connectivity index (χ4n) is 1.58. The van der Waals surface area contributed by atoms with E-state index in [2.05, 4.69) is 15.6 Å². The largest absolute Gasteiger partial charge is 0.488 e. The summed E-state index contributed by atoms with van der Waals surface area (Å²) >= 11 is 0. The molecule has 0 radical (unpaired) electrons. The van der Waals surface area contributed by atoms with Gasteiger partial charge in [0.25, 0.3) is 6.43 Å². The minimum absolute atomic E-state index is 0.428. The van der Waals surface area contributed by atoms with Gasteiger partial charge < -0.3 is 20.1 Å². The second-order valence-corrected chi connectivity index (χ2v) is 4.19. The standard InChI is InChI=1S/C14H21F2N3O2/c1-17-14(18-6-7-20-2)19-9-11-4-3-5-12(8-11)21-10-13(15)16/h3-5,8,13H,6-7,9-10H2,1-2H3,(H2,17,18,19). The summed E-state index contributed by atoms with van der Waals surface area (Å²) in [6.07, 6.45) is -2.48. The quantitative estimate of drug-likeness (QED) is 0.435. The van der Waals surface area contributed by atoms with Gasteiger partial charge in [-0.3, -0.25) is 4.99 Å². The number of benzene rings is 1. The zero-order valence-corrected chi connectivity index (χ0v) is 12.2. The van der Waals surface area contributed by atoms with Crippen LogP contribution in [-0.2, 0) is 11.3 Å². The molecule has 0 fully saturated rings. The lowest BCUT2D eigenvalue weighted by atomic mass is 10.2. The molecule has 5 nitrogen and oxygen atoms in total. The molecule has 0 saturated heterocycles. The molecule has 0 spiro atoms. The molecule has 1 aromatic carbocycles. The number of hydrogen-bond donors (Lipinski definition) is 2. The minimum atomic E-state index is -2.48. The van der Waals surface area contributed by atoms with E-state index in [1.165, 1.54) is 0 Å². The van der Waals surface area contributed by atoms with Crippen LogP contribution in [0.3, 0.4) is 0 Å². The third-order valence-corrected chi connectivity index (χ3v) is 2.56. The molecule has 1 aromatic rings. The summed E-state index contributed by atoms with van der Waals surface area (Å²) in [6, 6.07) is 7.01. The molecular weight excluding hydrogens is 280 g/mol. The average molecular weight is 301 g/mol. The smallest absolute Gasteiger partial charge is 0.272 e.